The number of rotatable bonds is 3. The van der Waals surface area contributed by atoms with Crippen molar-refractivity contribution in [2.45, 2.75) is 32.7 Å². The molecule has 0 bridgehead atoms. The number of halogens is 1. The molecule has 0 spiro atoms. The lowest BCUT2D eigenvalue weighted by molar-refractivity contribution is -0.124. The molecule has 4 nitrogen and oxygen atoms in total. The van der Waals surface area contributed by atoms with Gasteiger partial charge in [0.15, 0.2) is 0 Å². The van der Waals surface area contributed by atoms with E-state index < -0.39 is 17.8 Å². The minimum atomic E-state index is -0.638. The molecule has 1 saturated heterocycles. The van der Waals surface area contributed by atoms with Crippen LogP contribution < -0.4 is 4.90 Å². The fraction of sp³-hybridized carbons (Fsp3) is 0.333. The number of carbonyl (C=O) groups is 2. The van der Waals surface area contributed by atoms with E-state index in [-0.39, 0.29) is 11.5 Å². The summed E-state index contributed by atoms with van der Waals surface area (Å²) in [4.78, 5) is 28.6. The summed E-state index contributed by atoms with van der Waals surface area (Å²) < 4.78 is 13.9. The second-order valence-electron chi connectivity index (χ2n) is 6.89. The summed E-state index contributed by atoms with van der Waals surface area (Å²) in [5, 5.41) is 0. The summed E-state index contributed by atoms with van der Waals surface area (Å²) in [5.41, 5.74) is 2.04. The fourth-order valence-corrected chi connectivity index (χ4v) is 3.23. The van der Waals surface area contributed by atoms with Crippen LogP contribution in [0.5, 0.6) is 0 Å². The zero-order chi connectivity index (χ0) is 18.8. The molecule has 0 saturated carbocycles. The maximum absolute atomic E-state index is 13.9. The highest BCUT2D eigenvalue weighted by Gasteiger charge is 2.36. The molecule has 0 N–H and O–H groups in total. The van der Waals surface area contributed by atoms with Gasteiger partial charge in [-0.25, -0.2) is 4.39 Å². The first kappa shape index (κ1) is 18.1. The van der Waals surface area contributed by atoms with Crippen LogP contribution >= 0.6 is 0 Å². The standard InChI is InChI=1S/C21H23FN2O2/c1-14(2)16-8-10-17(11-9-16)24-13-12-23(15(3)20(24)25)21(26)18-6-4-5-7-19(18)22/h4-11,14-15H,12-13H2,1-3H3/t15-/m1/s1. The van der Waals surface area contributed by atoms with Crippen LogP contribution in [0.2, 0.25) is 0 Å². The molecule has 1 aliphatic heterocycles. The maximum atomic E-state index is 13.9. The van der Waals surface area contributed by atoms with Crippen LogP contribution in [0.15, 0.2) is 48.5 Å². The Hall–Kier alpha value is -2.69. The average Bonchev–Trinajstić information content (AvgIpc) is 2.64. The lowest BCUT2D eigenvalue weighted by Gasteiger charge is -2.39. The lowest BCUT2D eigenvalue weighted by atomic mass is 10.0. The summed E-state index contributed by atoms with van der Waals surface area (Å²) in [5.74, 6) is -0.741. The van der Waals surface area contributed by atoms with Gasteiger partial charge in [0.2, 0.25) is 5.91 Å². The Labute approximate surface area is 153 Å². The summed E-state index contributed by atoms with van der Waals surface area (Å²) >= 11 is 0. The third-order valence-electron chi connectivity index (χ3n) is 4.89. The molecule has 0 unspecified atom stereocenters. The molecule has 0 radical (unpaired) electrons. The molecule has 1 atom stereocenters. The molecule has 1 aliphatic rings. The Morgan fingerprint density at radius 3 is 2.35 bits per heavy atom. The molecule has 5 heteroatoms. The smallest absolute Gasteiger partial charge is 0.257 e. The van der Waals surface area contributed by atoms with E-state index in [1.807, 2.05) is 24.3 Å². The molecule has 136 valence electrons. The monoisotopic (exact) mass is 354 g/mol. The minimum Gasteiger partial charge on any atom is -0.325 e. The van der Waals surface area contributed by atoms with Gasteiger partial charge in [-0.3, -0.25) is 9.59 Å². The van der Waals surface area contributed by atoms with Crippen molar-refractivity contribution >= 4 is 17.5 Å². The molecule has 0 aromatic heterocycles. The minimum absolute atomic E-state index is 0.00175. The predicted octanol–water partition coefficient (Wildman–Crippen LogP) is 3.83. The van der Waals surface area contributed by atoms with Crippen LogP contribution in [0.1, 0.15) is 42.6 Å². The van der Waals surface area contributed by atoms with Crippen molar-refractivity contribution in [3.05, 3.63) is 65.5 Å². The summed E-state index contributed by atoms with van der Waals surface area (Å²) in [6.45, 7) is 6.69. The number of anilines is 1. The molecule has 2 aromatic rings. The lowest BCUT2D eigenvalue weighted by Crippen LogP contribution is -2.57. The van der Waals surface area contributed by atoms with Crippen molar-refractivity contribution < 1.29 is 14.0 Å². The second-order valence-corrected chi connectivity index (χ2v) is 6.89. The summed E-state index contributed by atoms with van der Waals surface area (Å²) in [6.07, 6.45) is 0. The normalized spacial score (nSPS) is 17.7. The quantitative estimate of drug-likeness (QED) is 0.841. The van der Waals surface area contributed by atoms with Gasteiger partial charge in [0, 0.05) is 18.8 Å². The number of carbonyl (C=O) groups excluding carboxylic acids is 2. The van der Waals surface area contributed by atoms with E-state index in [9.17, 15) is 14.0 Å². The largest absolute Gasteiger partial charge is 0.325 e. The van der Waals surface area contributed by atoms with Gasteiger partial charge in [0.1, 0.15) is 11.9 Å². The Kier molecular flexibility index (Phi) is 5.07. The average molecular weight is 354 g/mol. The SMILES string of the molecule is CC(C)c1ccc(N2CCN(C(=O)c3ccccc3F)[C@H](C)C2=O)cc1. The Bertz CT molecular complexity index is 817. The van der Waals surface area contributed by atoms with Gasteiger partial charge < -0.3 is 9.80 Å². The molecule has 2 aromatic carbocycles. The van der Waals surface area contributed by atoms with E-state index >= 15 is 0 Å². The first-order chi connectivity index (χ1) is 12.4. The molecule has 1 fully saturated rings. The van der Waals surface area contributed by atoms with Crippen LogP contribution in [0.4, 0.5) is 10.1 Å². The van der Waals surface area contributed by atoms with E-state index in [4.69, 9.17) is 0 Å². The van der Waals surface area contributed by atoms with Crippen LogP contribution in [0.25, 0.3) is 0 Å². The van der Waals surface area contributed by atoms with Crippen LogP contribution in [-0.2, 0) is 4.79 Å². The number of benzene rings is 2. The molecular formula is C21H23FN2O2. The van der Waals surface area contributed by atoms with E-state index in [1.165, 1.54) is 22.6 Å². The van der Waals surface area contributed by atoms with Crippen molar-refractivity contribution in [2.75, 3.05) is 18.0 Å². The zero-order valence-electron chi connectivity index (χ0n) is 15.3. The number of piperazine rings is 1. The Morgan fingerprint density at radius 1 is 1.08 bits per heavy atom. The first-order valence-electron chi connectivity index (χ1n) is 8.87. The molecule has 3 rings (SSSR count). The van der Waals surface area contributed by atoms with Gasteiger partial charge in [-0.15, -0.1) is 0 Å². The van der Waals surface area contributed by atoms with E-state index in [2.05, 4.69) is 13.8 Å². The third-order valence-corrected chi connectivity index (χ3v) is 4.89. The van der Waals surface area contributed by atoms with E-state index in [1.54, 1.807) is 24.0 Å². The highest BCUT2D eigenvalue weighted by molar-refractivity contribution is 6.03. The fourth-order valence-electron chi connectivity index (χ4n) is 3.23. The summed E-state index contributed by atoms with van der Waals surface area (Å²) in [6, 6.07) is 13.2. The molecule has 0 aliphatic carbocycles. The second kappa shape index (κ2) is 7.28. The molecule has 2 amide bonds. The van der Waals surface area contributed by atoms with Gasteiger partial charge in [-0.2, -0.15) is 0 Å². The molecule has 26 heavy (non-hydrogen) atoms. The highest BCUT2D eigenvalue weighted by Crippen LogP contribution is 2.24. The Balaban J connectivity index is 1.78. The van der Waals surface area contributed by atoms with Crippen LogP contribution in [0, 0.1) is 5.82 Å². The van der Waals surface area contributed by atoms with Gasteiger partial charge >= 0.3 is 0 Å². The van der Waals surface area contributed by atoms with Gasteiger partial charge in [-0.1, -0.05) is 38.1 Å². The van der Waals surface area contributed by atoms with Crippen molar-refractivity contribution in [3.63, 3.8) is 0 Å². The molecular weight excluding hydrogens is 331 g/mol. The number of hydrogen-bond acceptors (Lipinski definition) is 2. The number of hydrogen-bond donors (Lipinski definition) is 0. The number of nitrogens with zero attached hydrogens (tertiary/aromatic N) is 2. The maximum Gasteiger partial charge on any atom is 0.257 e. The van der Waals surface area contributed by atoms with Crippen molar-refractivity contribution in [3.8, 4) is 0 Å². The van der Waals surface area contributed by atoms with Gasteiger partial charge in [0.25, 0.3) is 5.91 Å². The van der Waals surface area contributed by atoms with Gasteiger partial charge in [0.05, 0.1) is 5.56 Å². The Morgan fingerprint density at radius 2 is 1.73 bits per heavy atom. The summed E-state index contributed by atoms with van der Waals surface area (Å²) in [7, 11) is 0. The highest BCUT2D eigenvalue weighted by atomic mass is 19.1. The zero-order valence-corrected chi connectivity index (χ0v) is 15.3. The van der Waals surface area contributed by atoms with Crippen molar-refractivity contribution in [1.29, 1.82) is 0 Å². The van der Waals surface area contributed by atoms with Crippen LogP contribution in [-0.4, -0.2) is 35.8 Å². The van der Waals surface area contributed by atoms with Crippen molar-refractivity contribution in [2.24, 2.45) is 0 Å². The predicted molar refractivity (Wildman–Crippen MR) is 99.8 cm³/mol. The number of amides is 2. The van der Waals surface area contributed by atoms with E-state index in [0.717, 1.165) is 5.69 Å². The third kappa shape index (κ3) is 3.34. The first-order valence-corrected chi connectivity index (χ1v) is 8.87. The van der Waals surface area contributed by atoms with Crippen molar-refractivity contribution in [1.82, 2.24) is 4.90 Å². The molecule has 1 heterocycles. The van der Waals surface area contributed by atoms with Crippen LogP contribution in [0.3, 0.4) is 0 Å². The topological polar surface area (TPSA) is 40.6 Å². The van der Waals surface area contributed by atoms with E-state index in [0.29, 0.717) is 19.0 Å². The van der Waals surface area contributed by atoms with Gasteiger partial charge in [-0.05, 0) is 42.7 Å².